The number of rotatable bonds is 1. The lowest BCUT2D eigenvalue weighted by atomic mass is 10.1. The van der Waals surface area contributed by atoms with E-state index >= 15 is 0 Å². The zero-order valence-electron chi connectivity index (χ0n) is 12.2. The Morgan fingerprint density at radius 1 is 0.739 bits per heavy atom. The lowest BCUT2D eigenvalue weighted by Crippen LogP contribution is -1.88. The molecule has 2 aromatic carbocycles. The van der Waals surface area contributed by atoms with Crippen LogP contribution in [0.1, 0.15) is 0 Å². The topological polar surface area (TPSA) is 25.8 Å². The fourth-order valence-corrected chi connectivity index (χ4v) is 4.23. The fourth-order valence-electron chi connectivity index (χ4n) is 3.03. The van der Waals surface area contributed by atoms with Crippen molar-refractivity contribution in [2.45, 2.75) is 0 Å². The summed E-state index contributed by atoms with van der Waals surface area (Å²) in [7, 11) is 0. The van der Waals surface area contributed by atoms with Gasteiger partial charge in [-0.3, -0.25) is 4.98 Å². The lowest BCUT2D eigenvalue weighted by molar-refractivity contribution is 1.31. The van der Waals surface area contributed by atoms with Crippen molar-refractivity contribution in [3.05, 3.63) is 72.9 Å². The van der Waals surface area contributed by atoms with Crippen LogP contribution in [0, 0.1) is 0 Å². The number of fused-ring (bicyclic) bond motifs is 4. The molecule has 0 bridgehead atoms. The van der Waals surface area contributed by atoms with Crippen molar-refractivity contribution in [3.8, 4) is 11.4 Å². The third-order valence-corrected chi connectivity index (χ3v) is 5.33. The average molecular weight is 312 g/mol. The lowest BCUT2D eigenvalue weighted by Gasteiger charge is -2.03. The maximum atomic E-state index is 4.81. The summed E-state index contributed by atoms with van der Waals surface area (Å²) >= 11 is 1.79. The van der Waals surface area contributed by atoms with E-state index in [1.165, 1.54) is 20.2 Å². The first kappa shape index (κ1) is 12.7. The van der Waals surface area contributed by atoms with Gasteiger partial charge >= 0.3 is 0 Å². The highest BCUT2D eigenvalue weighted by Gasteiger charge is 2.12. The molecule has 3 aromatic heterocycles. The number of benzene rings is 2. The van der Waals surface area contributed by atoms with Crippen LogP contribution in [0.2, 0.25) is 0 Å². The number of para-hydroxylation sites is 1. The average Bonchev–Trinajstić information content (AvgIpc) is 3.00. The molecule has 2 nitrogen and oxygen atoms in total. The van der Waals surface area contributed by atoms with Gasteiger partial charge in [-0.15, -0.1) is 11.3 Å². The van der Waals surface area contributed by atoms with E-state index in [9.17, 15) is 0 Å². The maximum Gasteiger partial charge on any atom is 0.106 e. The highest BCUT2D eigenvalue weighted by atomic mass is 32.1. The number of nitrogens with zero attached hydrogens (tertiary/aromatic N) is 2. The first-order valence-corrected chi connectivity index (χ1v) is 8.34. The molecule has 0 radical (unpaired) electrons. The Balaban J connectivity index is 1.84. The number of thiophene rings is 1. The summed E-state index contributed by atoms with van der Waals surface area (Å²) < 4.78 is 2.49. The predicted molar refractivity (Wildman–Crippen MR) is 97.9 cm³/mol. The Morgan fingerprint density at radius 2 is 1.61 bits per heavy atom. The molecule has 0 amide bonds. The van der Waals surface area contributed by atoms with Crippen LogP contribution in [0.15, 0.2) is 72.9 Å². The van der Waals surface area contributed by atoms with Gasteiger partial charge in [0.2, 0.25) is 0 Å². The molecule has 0 saturated heterocycles. The Morgan fingerprint density at radius 3 is 2.61 bits per heavy atom. The van der Waals surface area contributed by atoms with E-state index in [-0.39, 0.29) is 0 Å². The summed E-state index contributed by atoms with van der Waals surface area (Å²) in [5.41, 5.74) is 2.90. The van der Waals surface area contributed by atoms with Crippen LogP contribution in [0.3, 0.4) is 0 Å². The third kappa shape index (κ3) is 1.94. The van der Waals surface area contributed by atoms with Gasteiger partial charge in [0.05, 0.1) is 15.9 Å². The van der Waals surface area contributed by atoms with Gasteiger partial charge in [0.25, 0.3) is 0 Å². The minimum Gasteiger partial charge on any atom is -0.253 e. The minimum atomic E-state index is 0.931. The highest BCUT2D eigenvalue weighted by Crippen LogP contribution is 2.38. The Hall–Kier alpha value is -2.78. The molecule has 0 unspecified atom stereocenters. The number of hydrogen-bond acceptors (Lipinski definition) is 3. The normalized spacial score (nSPS) is 11.5. The molecule has 0 N–H and O–H groups in total. The van der Waals surface area contributed by atoms with Gasteiger partial charge in [0.1, 0.15) is 5.69 Å². The van der Waals surface area contributed by atoms with Gasteiger partial charge < -0.3 is 0 Å². The van der Waals surface area contributed by atoms with Crippen LogP contribution < -0.4 is 0 Å². The monoisotopic (exact) mass is 312 g/mol. The van der Waals surface area contributed by atoms with E-state index in [0.717, 1.165) is 22.3 Å². The molecular formula is C20H12N2S. The second-order valence-electron chi connectivity index (χ2n) is 5.52. The van der Waals surface area contributed by atoms with E-state index < -0.39 is 0 Å². The molecule has 108 valence electrons. The standard InChI is InChI=1S/C20H12N2S/c1-3-7-16-13(5-1)9-10-17(22-16)19-20-15(11-12-21-19)14-6-2-4-8-18(14)23-20/h1-12H. The first-order chi connectivity index (χ1) is 11.4. The molecule has 5 rings (SSSR count). The molecule has 0 fully saturated rings. The van der Waals surface area contributed by atoms with E-state index in [1.807, 2.05) is 24.4 Å². The van der Waals surface area contributed by atoms with Crippen LogP contribution in [-0.4, -0.2) is 9.97 Å². The van der Waals surface area contributed by atoms with Crippen molar-refractivity contribution in [3.63, 3.8) is 0 Å². The summed E-state index contributed by atoms with van der Waals surface area (Å²) in [6, 6.07) is 23.0. The van der Waals surface area contributed by atoms with Crippen molar-refractivity contribution < 1.29 is 0 Å². The molecule has 3 heteroatoms. The molecule has 0 spiro atoms. The second-order valence-corrected chi connectivity index (χ2v) is 6.58. The summed E-state index contributed by atoms with van der Waals surface area (Å²) in [4.78, 5) is 9.44. The highest BCUT2D eigenvalue weighted by molar-refractivity contribution is 7.26. The summed E-state index contributed by atoms with van der Waals surface area (Å²) in [6.45, 7) is 0. The molecule has 0 aliphatic heterocycles. The molecular weight excluding hydrogens is 300 g/mol. The van der Waals surface area contributed by atoms with Crippen molar-refractivity contribution in [1.82, 2.24) is 9.97 Å². The van der Waals surface area contributed by atoms with Crippen LogP contribution in [0.4, 0.5) is 0 Å². The summed E-state index contributed by atoms with van der Waals surface area (Å²) in [5.74, 6) is 0. The molecule has 0 atom stereocenters. The second kappa shape index (κ2) is 4.86. The van der Waals surface area contributed by atoms with Crippen LogP contribution in [0.5, 0.6) is 0 Å². The smallest absolute Gasteiger partial charge is 0.106 e. The fraction of sp³-hybridized carbons (Fsp3) is 0. The molecule has 3 heterocycles. The van der Waals surface area contributed by atoms with E-state index in [2.05, 4.69) is 53.5 Å². The zero-order valence-corrected chi connectivity index (χ0v) is 13.0. The molecule has 0 aliphatic carbocycles. The third-order valence-electron chi connectivity index (χ3n) is 4.13. The largest absolute Gasteiger partial charge is 0.253 e. The van der Waals surface area contributed by atoms with Crippen LogP contribution in [0.25, 0.3) is 42.5 Å². The van der Waals surface area contributed by atoms with Crippen molar-refractivity contribution in [1.29, 1.82) is 0 Å². The Labute approximate surface area is 137 Å². The van der Waals surface area contributed by atoms with E-state index in [0.29, 0.717) is 0 Å². The van der Waals surface area contributed by atoms with Crippen molar-refractivity contribution in [2.24, 2.45) is 0 Å². The number of hydrogen-bond donors (Lipinski definition) is 0. The summed E-state index contributed by atoms with van der Waals surface area (Å²) in [6.07, 6.45) is 1.88. The molecule has 0 saturated carbocycles. The molecule has 0 aliphatic rings. The van der Waals surface area contributed by atoms with Crippen LogP contribution >= 0.6 is 11.3 Å². The first-order valence-electron chi connectivity index (χ1n) is 7.52. The van der Waals surface area contributed by atoms with E-state index in [1.54, 1.807) is 11.3 Å². The van der Waals surface area contributed by atoms with Gasteiger partial charge in [-0.1, -0.05) is 42.5 Å². The van der Waals surface area contributed by atoms with Crippen molar-refractivity contribution in [2.75, 3.05) is 0 Å². The van der Waals surface area contributed by atoms with Gasteiger partial charge in [0.15, 0.2) is 0 Å². The van der Waals surface area contributed by atoms with Gasteiger partial charge in [-0.05, 0) is 24.3 Å². The minimum absolute atomic E-state index is 0.931. The zero-order chi connectivity index (χ0) is 15.2. The SMILES string of the molecule is c1ccc2nc(-c3nccc4c3sc3ccccc34)ccc2c1. The van der Waals surface area contributed by atoms with Gasteiger partial charge in [0, 0.05) is 27.1 Å². The summed E-state index contributed by atoms with van der Waals surface area (Å²) in [5, 5.41) is 3.70. The predicted octanol–water partition coefficient (Wildman–Crippen LogP) is 5.66. The Bertz CT molecular complexity index is 1170. The van der Waals surface area contributed by atoms with Crippen LogP contribution in [-0.2, 0) is 0 Å². The molecule has 5 aromatic rings. The Kier molecular flexibility index (Phi) is 2.69. The quantitative estimate of drug-likeness (QED) is 0.399. The molecule has 23 heavy (non-hydrogen) atoms. The van der Waals surface area contributed by atoms with E-state index in [4.69, 9.17) is 4.98 Å². The number of pyridine rings is 2. The van der Waals surface area contributed by atoms with Gasteiger partial charge in [-0.25, -0.2) is 4.98 Å². The maximum absolute atomic E-state index is 4.81. The van der Waals surface area contributed by atoms with Gasteiger partial charge in [-0.2, -0.15) is 0 Å². The number of aromatic nitrogens is 2. The van der Waals surface area contributed by atoms with Crippen molar-refractivity contribution >= 4 is 42.4 Å².